The SMILES string of the molecule is COc1ccc([C@H](C(C)C)[C@H](C)OC(=O)[C@H](C)N)cc1F. The van der Waals surface area contributed by atoms with Crippen LogP contribution in [0.2, 0.25) is 0 Å². The lowest BCUT2D eigenvalue weighted by molar-refractivity contribution is -0.151. The van der Waals surface area contributed by atoms with E-state index in [2.05, 4.69) is 0 Å². The third-order valence-electron chi connectivity index (χ3n) is 3.46. The van der Waals surface area contributed by atoms with Crippen molar-refractivity contribution < 1.29 is 18.7 Å². The van der Waals surface area contributed by atoms with E-state index >= 15 is 0 Å². The van der Waals surface area contributed by atoms with Crippen LogP contribution in [-0.2, 0) is 9.53 Å². The number of hydrogen-bond acceptors (Lipinski definition) is 4. The van der Waals surface area contributed by atoms with E-state index in [1.165, 1.54) is 13.2 Å². The zero-order valence-corrected chi connectivity index (χ0v) is 13.2. The quantitative estimate of drug-likeness (QED) is 0.820. The van der Waals surface area contributed by atoms with Crippen molar-refractivity contribution in [3.8, 4) is 5.75 Å². The van der Waals surface area contributed by atoms with Gasteiger partial charge in [-0.1, -0.05) is 19.9 Å². The van der Waals surface area contributed by atoms with Gasteiger partial charge in [-0.25, -0.2) is 4.39 Å². The maximum absolute atomic E-state index is 13.9. The molecule has 4 nitrogen and oxygen atoms in total. The van der Waals surface area contributed by atoms with Gasteiger partial charge in [0, 0.05) is 5.92 Å². The average molecular weight is 297 g/mol. The summed E-state index contributed by atoms with van der Waals surface area (Å²) in [5.74, 6) is -0.628. The van der Waals surface area contributed by atoms with Crippen molar-refractivity contribution in [2.24, 2.45) is 11.7 Å². The molecule has 0 unspecified atom stereocenters. The summed E-state index contributed by atoms with van der Waals surface area (Å²) in [6.07, 6.45) is -0.392. The van der Waals surface area contributed by atoms with Gasteiger partial charge in [0.05, 0.1) is 7.11 Å². The number of halogens is 1. The van der Waals surface area contributed by atoms with Crippen LogP contribution in [0.15, 0.2) is 18.2 Å². The van der Waals surface area contributed by atoms with Crippen LogP contribution in [-0.4, -0.2) is 25.2 Å². The molecule has 0 aliphatic rings. The second kappa shape index (κ2) is 7.41. The van der Waals surface area contributed by atoms with Gasteiger partial charge in [0.25, 0.3) is 0 Å². The minimum Gasteiger partial charge on any atom is -0.494 e. The molecule has 0 bridgehead atoms. The van der Waals surface area contributed by atoms with Gasteiger partial charge in [-0.15, -0.1) is 0 Å². The highest BCUT2D eigenvalue weighted by molar-refractivity contribution is 5.75. The molecule has 21 heavy (non-hydrogen) atoms. The van der Waals surface area contributed by atoms with Crippen LogP contribution in [0, 0.1) is 11.7 Å². The summed E-state index contributed by atoms with van der Waals surface area (Å²) in [4.78, 5) is 11.6. The predicted octanol–water partition coefficient (Wildman–Crippen LogP) is 2.85. The van der Waals surface area contributed by atoms with Crippen molar-refractivity contribution in [1.29, 1.82) is 0 Å². The minimum atomic E-state index is -0.673. The predicted molar refractivity (Wildman–Crippen MR) is 79.7 cm³/mol. The zero-order chi connectivity index (χ0) is 16.2. The van der Waals surface area contributed by atoms with E-state index in [0.717, 1.165) is 5.56 Å². The lowest BCUT2D eigenvalue weighted by Crippen LogP contribution is -2.34. The van der Waals surface area contributed by atoms with Crippen molar-refractivity contribution in [2.75, 3.05) is 7.11 Å². The van der Waals surface area contributed by atoms with Crippen molar-refractivity contribution in [1.82, 2.24) is 0 Å². The summed E-state index contributed by atoms with van der Waals surface area (Å²) in [6, 6.07) is 4.13. The molecule has 1 aromatic carbocycles. The molecule has 5 heteroatoms. The summed E-state index contributed by atoms with van der Waals surface area (Å²) in [7, 11) is 1.42. The molecular weight excluding hydrogens is 273 g/mol. The Labute approximate surface area is 125 Å². The maximum Gasteiger partial charge on any atom is 0.322 e. The zero-order valence-electron chi connectivity index (χ0n) is 13.2. The molecule has 0 fully saturated rings. The highest BCUT2D eigenvalue weighted by Gasteiger charge is 2.27. The fourth-order valence-corrected chi connectivity index (χ4v) is 2.45. The summed E-state index contributed by atoms with van der Waals surface area (Å²) < 4.78 is 24.2. The maximum atomic E-state index is 13.9. The monoisotopic (exact) mass is 297 g/mol. The van der Waals surface area contributed by atoms with E-state index in [4.69, 9.17) is 15.2 Å². The van der Waals surface area contributed by atoms with Gasteiger partial charge in [0.2, 0.25) is 0 Å². The Bertz CT molecular complexity index is 488. The molecule has 0 heterocycles. The molecule has 1 rings (SSSR count). The van der Waals surface area contributed by atoms with E-state index in [9.17, 15) is 9.18 Å². The number of esters is 1. The summed E-state index contributed by atoms with van der Waals surface area (Å²) in [6.45, 7) is 7.38. The molecule has 0 aliphatic carbocycles. The number of rotatable bonds is 6. The first kappa shape index (κ1) is 17.4. The van der Waals surface area contributed by atoms with Crippen LogP contribution in [0.4, 0.5) is 4.39 Å². The fourth-order valence-electron chi connectivity index (χ4n) is 2.45. The first-order valence-electron chi connectivity index (χ1n) is 7.07. The smallest absolute Gasteiger partial charge is 0.322 e. The fraction of sp³-hybridized carbons (Fsp3) is 0.562. The molecule has 0 spiro atoms. The van der Waals surface area contributed by atoms with Gasteiger partial charge in [-0.2, -0.15) is 0 Å². The molecule has 0 radical (unpaired) electrons. The van der Waals surface area contributed by atoms with E-state index in [-0.39, 0.29) is 17.6 Å². The minimum absolute atomic E-state index is 0.117. The standard InChI is InChI=1S/C16H24FNO3/c1-9(2)15(11(4)21-16(19)10(3)18)12-6-7-14(20-5)13(17)8-12/h6-11,15H,18H2,1-5H3/t10-,11-,15+/m0/s1. The lowest BCUT2D eigenvalue weighted by atomic mass is 9.84. The number of benzene rings is 1. The highest BCUT2D eigenvalue weighted by Crippen LogP contribution is 2.32. The first-order valence-corrected chi connectivity index (χ1v) is 7.07. The van der Waals surface area contributed by atoms with Gasteiger partial charge in [0.1, 0.15) is 12.1 Å². The van der Waals surface area contributed by atoms with E-state index in [1.807, 2.05) is 13.8 Å². The Morgan fingerprint density at radius 3 is 2.29 bits per heavy atom. The van der Waals surface area contributed by atoms with Crippen LogP contribution in [0.5, 0.6) is 5.75 Å². The van der Waals surface area contributed by atoms with Crippen LogP contribution in [0.25, 0.3) is 0 Å². The lowest BCUT2D eigenvalue weighted by Gasteiger charge is -2.28. The number of carbonyl (C=O) groups excluding carboxylic acids is 1. The molecule has 1 aromatic rings. The molecule has 2 N–H and O–H groups in total. The van der Waals surface area contributed by atoms with E-state index < -0.39 is 23.9 Å². The Morgan fingerprint density at radius 2 is 1.86 bits per heavy atom. The number of nitrogens with two attached hydrogens (primary N) is 1. The first-order chi connectivity index (χ1) is 9.77. The molecule has 0 saturated heterocycles. The number of ether oxygens (including phenoxy) is 2. The molecule has 118 valence electrons. The third kappa shape index (κ3) is 4.43. The Kier molecular flexibility index (Phi) is 6.15. The van der Waals surface area contributed by atoms with Gasteiger partial charge in [0.15, 0.2) is 11.6 Å². The third-order valence-corrected chi connectivity index (χ3v) is 3.46. The van der Waals surface area contributed by atoms with Crippen LogP contribution >= 0.6 is 0 Å². The van der Waals surface area contributed by atoms with E-state index in [1.54, 1.807) is 26.0 Å². The second-order valence-corrected chi connectivity index (χ2v) is 5.59. The Balaban J connectivity index is 3.01. The summed E-state index contributed by atoms with van der Waals surface area (Å²) in [5, 5.41) is 0. The average Bonchev–Trinajstić information content (AvgIpc) is 2.38. The van der Waals surface area contributed by atoms with Gasteiger partial charge >= 0.3 is 5.97 Å². The van der Waals surface area contributed by atoms with Crippen LogP contribution < -0.4 is 10.5 Å². The largest absolute Gasteiger partial charge is 0.494 e. The molecular formula is C16H24FNO3. The van der Waals surface area contributed by atoms with Crippen LogP contribution in [0.1, 0.15) is 39.2 Å². The normalized spacial score (nSPS) is 15.4. The van der Waals surface area contributed by atoms with Gasteiger partial charge in [-0.05, 0) is 37.5 Å². The molecule has 3 atom stereocenters. The van der Waals surface area contributed by atoms with Gasteiger partial charge < -0.3 is 15.2 Å². The van der Waals surface area contributed by atoms with Crippen molar-refractivity contribution >= 4 is 5.97 Å². The number of methoxy groups -OCH3 is 1. The van der Waals surface area contributed by atoms with E-state index in [0.29, 0.717) is 0 Å². The molecule has 0 aromatic heterocycles. The van der Waals surface area contributed by atoms with Gasteiger partial charge in [-0.3, -0.25) is 4.79 Å². The van der Waals surface area contributed by atoms with Crippen molar-refractivity contribution in [3.05, 3.63) is 29.6 Å². The van der Waals surface area contributed by atoms with Crippen molar-refractivity contribution in [2.45, 2.75) is 45.8 Å². The highest BCUT2D eigenvalue weighted by atomic mass is 19.1. The Morgan fingerprint density at radius 1 is 1.24 bits per heavy atom. The number of carbonyl (C=O) groups is 1. The molecule has 0 aliphatic heterocycles. The number of hydrogen-bond donors (Lipinski definition) is 1. The topological polar surface area (TPSA) is 61.5 Å². The second-order valence-electron chi connectivity index (χ2n) is 5.59. The summed E-state index contributed by atoms with van der Waals surface area (Å²) in [5.41, 5.74) is 6.28. The van der Waals surface area contributed by atoms with Crippen molar-refractivity contribution in [3.63, 3.8) is 0 Å². The van der Waals surface area contributed by atoms with Crippen LogP contribution in [0.3, 0.4) is 0 Å². The molecule has 0 saturated carbocycles. The summed E-state index contributed by atoms with van der Waals surface area (Å²) >= 11 is 0. The molecule has 0 amide bonds. The Hall–Kier alpha value is -1.62.